The first-order valence-corrected chi connectivity index (χ1v) is 13.7. The van der Waals surface area contributed by atoms with Gasteiger partial charge in [-0.3, -0.25) is 4.79 Å². The Morgan fingerprint density at radius 3 is 2.22 bits per heavy atom. The quantitative estimate of drug-likeness (QED) is 0.550. The number of aryl methyl sites for hydroxylation is 1. The number of nitrogens with one attached hydrogen (secondary N) is 1. The number of benzene rings is 2. The average molecular weight is 481 g/mol. The van der Waals surface area contributed by atoms with Crippen molar-refractivity contribution in [2.24, 2.45) is 0 Å². The van der Waals surface area contributed by atoms with Crippen LogP contribution in [0.3, 0.4) is 0 Å². The van der Waals surface area contributed by atoms with Gasteiger partial charge < -0.3 is 10.1 Å². The predicted octanol–water partition coefficient (Wildman–Crippen LogP) is 1.37. The lowest BCUT2D eigenvalue weighted by Gasteiger charge is -2.26. The summed E-state index contributed by atoms with van der Waals surface area (Å²) in [6, 6.07) is 15.8. The Hall–Kier alpha value is -2.27. The second-order valence-corrected chi connectivity index (χ2v) is 11.7. The number of amides is 1. The Labute approximate surface area is 189 Å². The first-order chi connectivity index (χ1) is 15.3. The Balaban J connectivity index is 1.45. The molecule has 0 bridgehead atoms. The van der Waals surface area contributed by atoms with E-state index in [0.29, 0.717) is 44.7 Å². The molecule has 1 aliphatic heterocycles. The fourth-order valence-corrected chi connectivity index (χ4v) is 6.02. The van der Waals surface area contributed by atoms with Gasteiger partial charge >= 0.3 is 0 Å². The van der Waals surface area contributed by atoms with E-state index in [1.54, 1.807) is 12.1 Å². The lowest BCUT2D eigenvalue weighted by atomic mass is 10.1. The number of rotatable bonds is 10. The van der Waals surface area contributed by atoms with E-state index in [9.17, 15) is 21.6 Å². The summed E-state index contributed by atoms with van der Waals surface area (Å²) in [5, 5.41) is 2.59. The van der Waals surface area contributed by atoms with Crippen LogP contribution in [0.25, 0.3) is 0 Å². The first kappa shape index (κ1) is 24.4. The minimum absolute atomic E-state index is 0.0522. The summed E-state index contributed by atoms with van der Waals surface area (Å²) in [5.74, 6) is -1.19. The third kappa shape index (κ3) is 7.13. The minimum Gasteiger partial charge on any atom is -0.379 e. The molecule has 0 radical (unpaired) electrons. The van der Waals surface area contributed by atoms with Gasteiger partial charge in [-0.25, -0.2) is 16.8 Å². The molecular weight excluding hydrogens is 452 g/mol. The molecule has 0 saturated carbocycles. The summed E-state index contributed by atoms with van der Waals surface area (Å²) in [5.41, 5.74) is 1.74. The van der Waals surface area contributed by atoms with Gasteiger partial charge in [-0.2, -0.15) is 4.31 Å². The first-order valence-electron chi connectivity index (χ1n) is 10.4. The van der Waals surface area contributed by atoms with E-state index in [-0.39, 0.29) is 17.2 Å². The number of sulfonamides is 1. The maximum Gasteiger partial charge on any atom is 0.243 e. The maximum atomic E-state index is 12.6. The van der Waals surface area contributed by atoms with Crippen molar-refractivity contribution in [1.82, 2.24) is 9.62 Å². The van der Waals surface area contributed by atoms with Crippen molar-refractivity contribution < 1.29 is 26.4 Å². The molecule has 1 aliphatic rings. The van der Waals surface area contributed by atoms with Gasteiger partial charge in [0.05, 0.1) is 23.9 Å². The summed E-state index contributed by atoms with van der Waals surface area (Å²) in [7, 11) is -7.08. The summed E-state index contributed by atoms with van der Waals surface area (Å²) in [6.07, 6.45) is 1.10. The van der Waals surface area contributed by atoms with Gasteiger partial charge in [0.1, 0.15) is 5.75 Å². The van der Waals surface area contributed by atoms with Gasteiger partial charge in [-0.15, -0.1) is 0 Å². The van der Waals surface area contributed by atoms with Crippen LogP contribution in [0.15, 0.2) is 59.5 Å². The van der Waals surface area contributed by atoms with Gasteiger partial charge in [-0.05, 0) is 36.1 Å². The van der Waals surface area contributed by atoms with Crippen LogP contribution in [0.4, 0.5) is 0 Å². The summed E-state index contributed by atoms with van der Waals surface area (Å²) in [4.78, 5) is 12.3. The Bertz CT molecular complexity index is 1090. The molecule has 10 heteroatoms. The Morgan fingerprint density at radius 2 is 1.56 bits per heavy atom. The minimum atomic E-state index is -3.58. The SMILES string of the molecule is O=C(CS(=O)(=O)CCCc1ccccc1)NCc1ccc(S(=O)(=O)N2CCOCC2)cc1. The fourth-order valence-electron chi connectivity index (χ4n) is 3.38. The number of sulfone groups is 1. The van der Waals surface area contributed by atoms with Crippen LogP contribution in [0.1, 0.15) is 17.5 Å². The second-order valence-electron chi connectivity index (χ2n) is 7.62. The molecule has 3 rings (SSSR count). The van der Waals surface area contributed by atoms with Gasteiger partial charge in [0.25, 0.3) is 0 Å². The Morgan fingerprint density at radius 1 is 0.906 bits per heavy atom. The van der Waals surface area contributed by atoms with Gasteiger partial charge in [0.15, 0.2) is 9.84 Å². The van der Waals surface area contributed by atoms with Crippen LogP contribution >= 0.6 is 0 Å². The molecule has 2 aromatic rings. The third-order valence-electron chi connectivity index (χ3n) is 5.14. The summed E-state index contributed by atoms with van der Waals surface area (Å²) < 4.78 is 56.3. The zero-order valence-electron chi connectivity index (χ0n) is 17.8. The number of hydrogen-bond acceptors (Lipinski definition) is 6. The normalized spacial score (nSPS) is 15.4. The van der Waals surface area contributed by atoms with Gasteiger partial charge in [0, 0.05) is 19.6 Å². The van der Waals surface area contributed by atoms with Crippen molar-refractivity contribution in [1.29, 1.82) is 0 Å². The monoisotopic (exact) mass is 480 g/mol. The predicted molar refractivity (Wildman–Crippen MR) is 121 cm³/mol. The topological polar surface area (TPSA) is 110 Å². The van der Waals surface area contributed by atoms with E-state index in [0.717, 1.165) is 5.56 Å². The molecule has 1 heterocycles. The van der Waals surface area contributed by atoms with E-state index in [4.69, 9.17) is 4.74 Å². The molecule has 0 unspecified atom stereocenters. The molecule has 1 amide bonds. The molecule has 8 nitrogen and oxygen atoms in total. The second kappa shape index (κ2) is 11.0. The number of ether oxygens (including phenoxy) is 1. The zero-order chi connectivity index (χ0) is 23.0. The smallest absolute Gasteiger partial charge is 0.243 e. The van der Waals surface area contributed by atoms with Crippen LogP contribution in [-0.4, -0.2) is 64.9 Å². The van der Waals surface area contributed by atoms with Crippen molar-refractivity contribution in [2.45, 2.75) is 24.3 Å². The Kier molecular flexibility index (Phi) is 8.41. The van der Waals surface area contributed by atoms with E-state index in [1.807, 2.05) is 30.3 Å². The van der Waals surface area contributed by atoms with E-state index >= 15 is 0 Å². The van der Waals surface area contributed by atoms with Crippen LogP contribution in [-0.2, 0) is 42.4 Å². The summed E-state index contributed by atoms with van der Waals surface area (Å²) >= 11 is 0. The molecule has 2 aromatic carbocycles. The average Bonchev–Trinajstić information content (AvgIpc) is 2.79. The highest BCUT2D eigenvalue weighted by Crippen LogP contribution is 2.17. The lowest BCUT2D eigenvalue weighted by Crippen LogP contribution is -2.40. The van der Waals surface area contributed by atoms with Crippen molar-refractivity contribution in [3.63, 3.8) is 0 Å². The maximum absolute atomic E-state index is 12.6. The molecule has 174 valence electrons. The van der Waals surface area contributed by atoms with Crippen LogP contribution in [0, 0.1) is 0 Å². The largest absolute Gasteiger partial charge is 0.379 e. The van der Waals surface area contributed by atoms with Crippen LogP contribution in [0.2, 0.25) is 0 Å². The number of carbonyl (C=O) groups is 1. The molecule has 1 fully saturated rings. The molecule has 1 N–H and O–H groups in total. The summed E-state index contributed by atoms with van der Waals surface area (Å²) in [6.45, 7) is 1.51. The van der Waals surface area contributed by atoms with Crippen molar-refractivity contribution >= 4 is 25.8 Å². The number of nitrogens with zero attached hydrogens (tertiary/aromatic N) is 1. The molecular formula is C22H28N2O6S2. The molecule has 32 heavy (non-hydrogen) atoms. The third-order valence-corrected chi connectivity index (χ3v) is 8.66. The number of hydrogen-bond donors (Lipinski definition) is 1. The standard InChI is InChI=1S/C22H28N2O6S2/c25-22(18-31(26,27)16-4-7-19-5-2-1-3-6-19)23-17-20-8-10-21(11-9-20)32(28,29)24-12-14-30-15-13-24/h1-3,5-6,8-11H,4,7,12-18H2,(H,23,25). The van der Waals surface area contributed by atoms with E-state index in [2.05, 4.69) is 5.32 Å². The van der Waals surface area contributed by atoms with Crippen LogP contribution < -0.4 is 5.32 Å². The highest BCUT2D eigenvalue weighted by molar-refractivity contribution is 7.92. The lowest BCUT2D eigenvalue weighted by molar-refractivity contribution is -0.118. The van der Waals surface area contributed by atoms with Gasteiger partial charge in [-0.1, -0.05) is 42.5 Å². The van der Waals surface area contributed by atoms with Gasteiger partial charge in [0.2, 0.25) is 15.9 Å². The van der Waals surface area contributed by atoms with Crippen molar-refractivity contribution in [3.05, 3.63) is 65.7 Å². The highest BCUT2D eigenvalue weighted by atomic mass is 32.2. The zero-order valence-corrected chi connectivity index (χ0v) is 19.4. The highest BCUT2D eigenvalue weighted by Gasteiger charge is 2.26. The number of carbonyl (C=O) groups excluding carboxylic acids is 1. The van der Waals surface area contributed by atoms with Crippen LogP contribution in [0.5, 0.6) is 0 Å². The van der Waals surface area contributed by atoms with Crippen molar-refractivity contribution in [2.75, 3.05) is 37.8 Å². The molecule has 0 atom stereocenters. The van der Waals surface area contributed by atoms with Crippen molar-refractivity contribution in [3.8, 4) is 0 Å². The fraction of sp³-hybridized carbons (Fsp3) is 0.409. The molecule has 0 aromatic heterocycles. The molecule has 0 spiro atoms. The number of morpholine rings is 1. The molecule has 0 aliphatic carbocycles. The van der Waals surface area contributed by atoms with E-state index in [1.165, 1.54) is 16.4 Å². The molecule has 1 saturated heterocycles. The van der Waals surface area contributed by atoms with E-state index < -0.39 is 31.5 Å².